The van der Waals surface area contributed by atoms with Gasteiger partial charge in [-0.25, -0.2) is 0 Å². The van der Waals surface area contributed by atoms with Crippen molar-refractivity contribution in [2.75, 3.05) is 33.4 Å². The lowest BCUT2D eigenvalue weighted by molar-refractivity contribution is 0.0520. The molecule has 128 valence electrons. The molecule has 0 aromatic carbocycles. The van der Waals surface area contributed by atoms with Gasteiger partial charge >= 0.3 is 0 Å². The van der Waals surface area contributed by atoms with Crippen LogP contribution < -0.4 is 10.6 Å². The number of hydrogen-bond acceptors (Lipinski definition) is 3. The van der Waals surface area contributed by atoms with Gasteiger partial charge in [0.15, 0.2) is 5.96 Å². The second-order valence-electron chi connectivity index (χ2n) is 7.08. The van der Waals surface area contributed by atoms with Crippen LogP contribution in [-0.4, -0.2) is 50.0 Å². The molecule has 2 aliphatic rings. The van der Waals surface area contributed by atoms with Gasteiger partial charge in [-0.2, -0.15) is 0 Å². The van der Waals surface area contributed by atoms with Gasteiger partial charge in [-0.15, -0.1) is 0 Å². The van der Waals surface area contributed by atoms with Crippen LogP contribution in [0.2, 0.25) is 0 Å². The number of aliphatic imine (C=N–C) groups is 1. The van der Waals surface area contributed by atoms with Gasteiger partial charge in [0.05, 0.1) is 5.60 Å². The predicted molar refractivity (Wildman–Crippen MR) is 90.2 cm³/mol. The van der Waals surface area contributed by atoms with Crippen molar-refractivity contribution >= 4 is 5.96 Å². The van der Waals surface area contributed by atoms with Crippen LogP contribution in [0.15, 0.2) is 4.99 Å². The third kappa shape index (κ3) is 4.85. The molecule has 0 heterocycles. The Morgan fingerprint density at radius 3 is 2.41 bits per heavy atom. The molecule has 0 saturated heterocycles. The molecule has 0 bridgehead atoms. The number of ether oxygens (including phenoxy) is 1. The molecule has 3 N–H and O–H groups in total. The Kier molecular flexibility index (Phi) is 6.50. The topological polar surface area (TPSA) is 65.9 Å². The Labute approximate surface area is 134 Å². The highest BCUT2D eigenvalue weighted by atomic mass is 16.5. The Morgan fingerprint density at radius 2 is 1.86 bits per heavy atom. The molecule has 0 aromatic rings. The van der Waals surface area contributed by atoms with Crippen LogP contribution in [0.4, 0.5) is 0 Å². The summed E-state index contributed by atoms with van der Waals surface area (Å²) in [6, 6.07) is 0. The van der Waals surface area contributed by atoms with Crippen molar-refractivity contribution in [1.82, 2.24) is 10.6 Å². The van der Waals surface area contributed by atoms with Crippen LogP contribution in [0.25, 0.3) is 0 Å². The Hall–Kier alpha value is -0.810. The summed E-state index contributed by atoms with van der Waals surface area (Å²) in [4.78, 5) is 4.78. The van der Waals surface area contributed by atoms with E-state index in [1.165, 1.54) is 19.3 Å². The number of aliphatic hydroxyl groups is 1. The first-order chi connectivity index (χ1) is 10.6. The molecule has 0 spiro atoms. The van der Waals surface area contributed by atoms with E-state index in [1.807, 2.05) is 0 Å². The van der Waals surface area contributed by atoms with E-state index in [2.05, 4.69) is 17.6 Å². The van der Waals surface area contributed by atoms with Crippen molar-refractivity contribution in [2.24, 2.45) is 10.4 Å². The fourth-order valence-electron chi connectivity index (χ4n) is 3.53. The molecule has 0 aromatic heterocycles. The largest absolute Gasteiger partial charge is 0.388 e. The molecule has 0 aliphatic heterocycles. The molecule has 2 aliphatic carbocycles. The average Bonchev–Trinajstić information content (AvgIpc) is 2.90. The molecular formula is C17H33N3O2. The Morgan fingerprint density at radius 1 is 1.14 bits per heavy atom. The van der Waals surface area contributed by atoms with Gasteiger partial charge in [0.2, 0.25) is 0 Å². The van der Waals surface area contributed by atoms with Gasteiger partial charge in [-0.1, -0.05) is 19.3 Å². The normalized spacial score (nSPS) is 23.1. The monoisotopic (exact) mass is 311 g/mol. The lowest BCUT2D eigenvalue weighted by Gasteiger charge is -2.40. The lowest BCUT2D eigenvalue weighted by atomic mass is 9.67. The highest BCUT2D eigenvalue weighted by Crippen LogP contribution is 2.44. The molecule has 2 rings (SSSR count). The number of methoxy groups -OCH3 is 1. The number of nitrogens with zero attached hydrogens (tertiary/aromatic N) is 1. The van der Waals surface area contributed by atoms with E-state index in [9.17, 15) is 5.11 Å². The van der Waals surface area contributed by atoms with Crippen molar-refractivity contribution in [3.63, 3.8) is 0 Å². The summed E-state index contributed by atoms with van der Waals surface area (Å²) >= 11 is 0. The summed E-state index contributed by atoms with van der Waals surface area (Å²) in [5.41, 5.74) is -0.205. The zero-order valence-corrected chi connectivity index (χ0v) is 14.3. The summed E-state index contributed by atoms with van der Waals surface area (Å²) in [5, 5.41) is 17.1. The minimum Gasteiger partial charge on any atom is -0.388 e. The molecule has 0 unspecified atom stereocenters. The van der Waals surface area contributed by atoms with E-state index in [4.69, 9.17) is 9.73 Å². The molecule has 2 fully saturated rings. The lowest BCUT2D eigenvalue weighted by Crippen LogP contribution is -2.46. The first-order valence-corrected chi connectivity index (χ1v) is 8.85. The van der Waals surface area contributed by atoms with Crippen LogP contribution in [0.5, 0.6) is 0 Å². The number of nitrogens with one attached hydrogen (secondary N) is 2. The first kappa shape index (κ1) is 17.5. The van der Waals surface area contributed by atoms with Crippen molar-refractivity contribution in [3.8, 4) is 0 Å². The minimum absolute atomic E-state index is 0.336. The molecule has 5 heteroatoms. The fraction of sp³-hybridized carbons (Fsp3) is 0.941. The number of guanidine groups is 1. The minimum atomic E-state index is -0.541. The summed E-state index contributed by atoms with van der Waals surface area (Å²) in [6.45, 7) is 5.19. The summed E-state index contributed by atoms with van der Waals surface area (Å²) in [6.07, 6.45) is 8.97. The van der Waals surface area contributed by atoms with E-state index >= 15 is 0 Å². The zero-order chi connectivity index (χ0) is 15.9. The third-order valence-corrected chi connectivity index (χ3v) is 5.29. The van der Waals surface area contributed by atoms with E-state index in [-0.39, 0.29) is 0 Å². The van der Waals surface area contributed by atoms with E-state index in [0.29, 0.717) is 12.0 Å². The fourth-order valence-corrected chi connectivity index (χ4v) is 3.53. The average molecular weight is 311 g/mol. The Balaban J connectivity index is 1.85. The molecular weight excluding hydrogens is 278 g/mol. The van der Waals surface area contributed by atoms with Gasteiger partial charge in [0.1, 0.15) is 0 Å². The maximum atomic E-state index is 10.4. The van der Waals surface area contributed by atoms with Crippen LogP contribution in [0.3, 0.4) is 0 Å². The second kappa shape index (κ2) is 8.16. The smallest absolute Gasteiger partial charge is 0.191 e. The maximum Gasteiger partial charge on any atom is 0.191 e. The van der Waals surface area contributed by atoms with E-state index in [0.717, 1.165) is 57.8 Å². The molecule has 5 nitrogen and oxygen atoms in total. The van der Waals surface area contributed by atoms with Gasteiger partial charge in [-0.3, -0.25) is 4.99 Å². The van der Waals surface area contributed by atoms with E-state index < -0.39 is 5.60 Å². The van der Waals surface area contributed by atoms with Crippen LogP contribution in [0, 0.1) is 5.41 Å². The third-order valence-electron chi connectivity index (χ3n) is 5.29. The standard InChI is InChI=1S/C17H33N3O2/c1-3-18-15(20-14-17(21)9-4-5-10-17)19-13-16(7-6-8-16)11-12-22-2/h21H,3-14H2,1-2H3,(H2,18,19,20). The molecule has 0 amide bonds. The zero-order valence-electron chi connectivity index (χ0n) is 14.3. The van der Waals surface area contributed by atoms with Gasteiger partial charge < -0.3 is 20.5 Å². The van der Waals surface area contributed by atoms with Crippen LogP contribution in [0.1, 0.15) is 58.3 Å². The molecule has 2 saturated carbocycles. The SMILES string of the molecule is CCNC(=NCC1(CCOC)CCC1)NCC1(O)CCCC1. The maximum absolute atomic E-state index is 10.4. The van der Waals surface area contributed by atoms with Gasteiger partial charge in [0.25, 0.3) is 0 Å². The van der Waals surface area contributed by atoms with Crippen molar-refractivity contribution in [2.45, 2.75) is 63.9 Å². The molecule has 0 radical (unpaired) electrons. The highest BCUT2D eigenvalue weighted by Gasteiger charge is 2.36. The predicted octanol–water partition coefficient (Wildman–Crippen LogP) is 2.05. The molecule has 0 atom stereocenters. The van der Waals surface area contributed by atoms with Gasteiger partial charge in [-0.05, 0) is 44.4 Å². The first-order valence-electron chi connectivity index (χ1n) is 8.85. The van der Waals surface area contributed by atoms with Crippen molar-refractivity contribution in [3.05, 3.63) is 0 Å². The summed E-state index contributed by atoms with van der Waals surface area (Å²) in [5.74, 6) is 0.839. The van der Waals surface area contributed by atoms with Gasteiger partial charge in [0, 0.05) is 33.4 Å². The summed E-state index contributed by atoms with van der Waals surface area (Å²) in [7, 11) is 1.77. The second-order valence-corrected chi connectivity index (χ2v) is 7.08. The quantitative estimate of drug-likeness (QED) is 0.474. The Bertz CT molecular complexity index is 361. The highest BCUT2D eigenvalue weighted by molar-refractivity contribution is 5.79. The summed E-state index contributed by atoms with van der Waals surface area (Å²) < 4.78 is 5.24. The van der Waals surface area contributed by atoms with Crippen molar-refractivity contribution < 1.29 is 9.84 Å². The molecule has 22 heavy (non-hydrogen) atoms. The van der Waals surface area contributed by atoms with Crippen molar-refractivity contribution in [1.29, 1.82) is 0 Å². The number of hydrogen-bond donors (Lipinski definition) is 3. The van der Waals surface area contributed by atoms with Crippen LogP contribution in [-0.2, 0) is 4.74 Å². The van der Waals surface area contributed by atoms with E-state index in [1.54, 1.807) is 7.11 Å². The van der Waals surface area contributed by atoms with Crippen LogP contribution >= 0.6 is 0 Å². The number of rotatable bonds is 8.